The summed E-state index contributed by atoms with van der Waals surface area (Å²) in [6.07, 6.45) is 59.3. The van der Waals surface area contributed by atoms with Gasteiger partial charge in [0.2, 0.25) is 5.91 Å². The van der Waals surface area contributed by atoms with Gasteiger partial charge in [-0.1, -0.05) is 270 Å². The Morgan fingerprint density at radius 2 is 0.754 bits per heavy atom. The number of hydrogen-bond acceptors (Lipinski definition) is 5. The summed E-state index contributed by atoms with van der Waals surface area (Å²) in [6, 6.07) is -0.632. The molecule has 0 heterocycles. The normalized spacial score (nSPS) is 12.7. The Morgan fingerprint density at radius 1 is 0.443 bits per heavy atom. The first kappa shape index (κ1) is 59.6. The van der Waals surface area contributed by atoms with Crippen LogP contribution in [0.15, 0.2) is 12.2 Å². The summed E-state index contributed by atoms with van der Waals surface area (Å²) in [5, 5.41) is 23.0. The average Bonchev–Trinajstić information content (AvgIpc) is 3.26. The highest BCUT2D eigenvalue weighted by atomic mass is 16.5. The molecule has 0 aromatic carbocycles. The third-order valence-electron chi connectivity index (χ3n) is 12.8. The molecule has 61 heavy (non-hydrogen) atoms. The summed E-state index contributed by atoms with van der Waals surface area (Å²) in [5.74, 6) is -0.0724. The first-order valence-electron chi connectivity index (χ1n) is 27.5. The van der Waals surface area contributed by atoms with Crippen LogP contribution in [0.2, 0.25) is 0 Å². The molecule has 2 unspecified atom stereocenters. The van der Waals surface area contributed by atoms with Crippen molar-refractivity contribution in [3.05, 3.63) is 12.2 Å². The van der Waals surface area contributed by atoms with Crippen LogP contribution in [0.4, 0.5) is 0 Å². The van der Waals surface area contributed by atoms with Crippen molar-refractivity contribution < 1.29 is 24.5 Å². The maximum absolute atomic E-state index is 12.4. The summed E-state index contributed by atoms with van der Waals surface area (Å²) in [5.41, 5.74) is 0. The fourth-order valence-corrected chi connectivity index (χ4v) is 8.58. The molecule has 0 saturated heterocycles. The quantitative estimate of drug-likeness (QED) is 0.0322. The van der Waals surface area contributed by atoms with E-state index in [-0.39, 0.29) is 18.5 Å². The number of allylic oxidation sites excluding steroid dienone is 1. The highest BCUT2D eigenvalue weighted by molar-refractivity contribution is 5.76. The summed E-state index contributed by atoms with van der Waals surface area (Å²) >= 11 is 0. The average molecular weight is 862 g/mol. The van der Waals surface area contributed by atoms with E-state index in [9.17, 15) is 19.8 Å². The van der Waals surface area contributed by atoms with Crippen LogP contribution in [0.3, 0.4) is 0 Å². The minimum Gasteiger partial charge on any atom is -0.466 e. The Balaban J connectivity index is 3.43. The molecule has 0 saturated carbocycles. The lowest BCUT2D eigenvalue weighted by molar-refractivity contribution is -0.143. The number of rotatable bonds is 51. The van der Waals surface area contributed by atoms with Gasteiger partial charge in [0.1, 0.15) is 0 Å². The molecule has 362 valence electrons. The Morgan fingerprint density at radius 3 is 1.11 bits per heavy atom. The molecule has 3 N–H and O–H groups in total. The summed E-state index contributed by atoms with van der Waals surface area (Å²) in [4.78, 5) is 24.5. The van der Waals surface area contributed by atoms with Gasteiger partial charge in [0.25, 0.3) is 0 Å². The smallest absolute Gasteiger partial charge is 0.305 e. The molecule has 2 atom stereocenters. The Bertz CT molecular complexity index is 909. The van der Waals surface area contributed by atoms with Gasteiger partial charge < -0.3 is 20.3 Å². The lowest BCUT2D eigenvalue weighted by Gasteiger charge is -2.20. The number of unbranched alkanes of at least 4 members (excludes halogenated alkanes) is 40. The molecule has 0 aromatic heterocycles. The molecule has 0 rings (SSSR count). The molecule has 0 aromatic rings. The van der Waals surface area contributed by atoms with Crippen molar-refractivity contribution in [1.82, 2.24) is 5.32 Å². The van der Waals surface area contributed by atoms with Crippen LogP contribution in [-0.2, 0) is 14.3 Å². The molecule has 0 spiro atoms. The number of esters is 1. The maximum Gasteiger partial charge on any atom is 0.305 e. The van der Waals surface area contributed by atoms with Gasteiger partial charge in [0, 0.05) is 12.8 Å². The summed E-state index contributed by atoms with van der Waals surface area (Å²) in [7, 11) is 0. The Labute approximate surface area is 380 Å². The van der Waals surface area contributed by atoms with Crippen LogP contribution in [-0.4, -0.2) is 47.4 Å². The lowest BCUT2D eigenvalue weighted by Crippen LogP contribution is -2.45. The minimum atomic E-state index is -0.848. The van der Waals surface area contributed by atoms with Crippen LogP contribution < -0.4 is 5.32 Å². The molecule has 0 fully saturated rings. The van der Waals surface area contributed by atoms with Crippen molar-refractivity contribution in [2.45, 2.75) is 315 Å². The van der Waals surface area contributed by atoms with E-state index in [2.05, 4.69) is 19.2 Å². The molecule has 0 radical (unpaired) electrons. The summed E-state index contributed by atoms with van der Waals surface area (Å²) < 4.78 is 5.48. The third-order valence-corrected chi connectivity index (χ3v) is 12.8. The zero-order valence-corrected chi connectivity index (χ0v) is 41.2. The van der Waals surface area contributed by atoms with Crippen LogP contribution in [0.25, 0.3) is 0 Å². The van der Waals surface area contributed by atoms with Crippen molar-refractivity contribution in [2.24, 2.45) is 0 Å². The number of carbonyl (C=O) groups excluding carboxylic acids is 2. The van der Waals surface area contributed by atoms with Gasteiger partial charge in [0.15, 0.2) is 0 Å². The van der Waals surface area contributed by atoms with E-state index >= 15 is 0 Å². The molecule has 6 heteroatoms. The van der Waals surface area contributed by atoms with Gasteiger partial charge >= 0.3 is 5.97 Å². The second-order valence-corrected chi connectivity index (χ2v) is 18.9. The largest absolute Gasteiger partial charge is 0.466 e. The topological polar surface area (TPSA) is 95.9 Å². The van der Waals surface area contributed by atoms with Crippen molar-refractivity contribution in [2.75, 3.05) is 13.2 Å². The SMILES string of the molecule is CCCCCCCCCCCCC/C=C/C(O)C(CO)NC(=O)CCCCCCCCCCCCCCCCCOC(=O)CCCCCCCCCCCCCCCCCC. The van der Waals surface area contributed by atoms with E-state index < -0.39 is 12.1 Å². The number of carbonyl (C=O) groups is 2. The van der Waals surface area contributed by atoms with E-state index in [1.165, 1.54) is 231 Å². The van der Waals surface area contributed by atoms with Crippen LogP contribution in [0.1, 0.15) is 303 Å². The first-order valence-corrected chi connectivity index (χ1v) is 27.5. The zero-order chi connectivity index (χ0) is 44.4. The fraction of sp³-hybridized carbons (Fsp3) is 0.927. The van der Waals surface area contributed by atoms with Crippen molar-refractivity contribution in [3.63, 3.8) is 0 Å². The highest BCUT2D eigenvalue weighted by Crippen LogP contribution is 2.17. The molecule has 6 nitrogen and oxygen atoms in total. The van der Waals surface area contributed by atoms with E-state index in [0.717, 1.165) is 44.9 Å². The second-order valence-electron chi connectivity index (χ2n) is 18.9. The molecule has 0 aliphatic heterocycles. The van der Waals surface area contributed by atoms with Gasteiger partial charge in [-0.15, -0.1) is 0 Å². The predicted molar refractivity (Wildman–Crippen MR) is 264 cm³/mol. The Kier molecular flexibility index (Phi) is 50.1. The maximum atomic E-state index is 12.4. The van der Waals surface area contributed by atoms with E-state index in [4.69, 9.17) is 4.74 Å². The van der Waals surface area contributed by atoms with E-state index in [1.54, 1.807) is 6.08 Å². The van der Waals surface area contributed by atoms with E-state index in [0.29, 0.717) is 19.4 Å². The molecule has 0 aliphatic rings. The standard InChI is InChI=1S/C55H107NO5/c1-3-5-7-9-11-13-15-17-18-21-25-29-33-37-41-45-49-55(60)61-50-46-42-38-34-30-26-22-19-20-24-28-32-36-40-44-48-54(59)56-52(51-57)53(58)47-43-39-35-31-27-23-16-14-12-10-8-6-4-2/h43,47,52-53,57-58H,3-42,44-46,48-51H2,1-2H3,(H,56,59)/b47-43+. The lowest BCUT2D eigenvalue weighted by atomic mass is 10.0. The van der Waals surface area contributed by atoms with Crippen LogP contribution >= 0.6 is 0 Å². The number of ether oxygens (including phenoxy) is 1. The molecule has 1 amide bonds. The molecule has 0 aliphatic carbocycles. The van der Waals surface area contributed by atoms with Crippen molar-refractivity contribution >= 4 is 11.9 Å². The van der Waals surface area contributed by atoms with Gasteiger partial charge in [-0.2, -0.15) is 0 Å². The third kappa shape index (κ3) is 47.9. The predicted octanol–water partition coefficient (Wildman–Crippen LogP) is 16.5. The van der Waals surface area contributed by atoms with Gasteiger partial charge in [-0.25, -0.2) is 0 Å². The highest BCUT2D eigenvalue weighted by Gasteiger charge is 2.18. The number of nitrogens with one attached hydrogen (secondary N) is 1. The van der Waals surface area contributed by atoms with Crippen LogP contribution in [0.5, 0.6) is 0 Å². The number of hydrogen-bond donors (Lipinski definition) is 3. The van der Waals surface area contributed by atoms with Gasteiger partial charge in [-0.05, 0) is 32.1 Å². The van der Waals surface area contributed by atoms with Crippen molar-refractivity contribution in [3.8, 4) is 0 Å². The second kappa shape index (κ2) is 51.2. The van der Waals surface area contributed by atoms with Crippen LogP contribution in [0, 0.1) is 0 Å². The number of aliphatic hydroxyl groups excluding tert-OH is 2. The molecular weight excluding hydrogens is 755 g/mol. The summed E-state index contributed by atoms with van der Waals surface area (Å²) in [6.45, 7) is 4.90. The molecule has 0 bridgehead atoms. The van der Waals surface area contributed by atoms with E-state index in [1.807, 2.05) is 6.08 Å². The van der Waals surface area contributed by atoms with Crippen molar-refractivity contribution in [1.29, 1.82) is 0 Å². The molecular formula is C55H107NO5. The van der Waals surface area contributed by atoms with Gasteiger partial charge in [0.05, 0.1) is 25.4 Å². The number of amides is 1. The first-order chi connectivity index (χ1) is 30.0. The minimum absolute atomic E-state index is 0.00319. The Hall–Kier alpha value is -1.40. The monoisotopic (exact) mass is 862 g/mol. The van der Waals surface area contributed by atoms with Gasteiger partial charge in [-0.3, -0.25) is 9.59 Å². The number of aliphatic hydroxyl groups is 2. The zero-order valence-electron chi connectivity index (χ0n) is 41.2. The fourth-order valence-electron chi connectivity index (χ4n) is 8.58.